The van der Waals surface area contributed by atoms with Crippen molar-refractivity contribution in [3.05, 3.63) is 53.6 Å². The number of hydrogen-bond acceptors (Lipinski definition) is 5. The molecule has 0 saturated carbocycles. The number of fused-ring (bicyclic) bond motifs is 1. The van der Waals surface area contributed by atoms with Gasteiger partial charge in [0.05, 0.1) is 17.9 Å². The summed E-state index contributed by atoms with van der Waals surface area (Å²) in [5.74, 6) is 0.860. The highest BCUT2D eigenvalue weighted by Gasteiger charge is 2.17. The first-order valence-electron chi connectivity index (χ1n) is 9.99. The van der Waals surface area contributed by atoms with Gasteiger partial charge in [-0.1, -0.05) is 51.1 Å². The van der Waals surface area contributed by atoms with Gasteiger partial charge in [0.2, 0.25) is 5.91 Å². The van der Waals surface area contributed by atoms with Crippen molar-refractivity contribution in [2.75, 3.05) is 30.4 Å². The summed E-state index contributed by atoms with van der Waals surface area (Å²) in [6.45, 7) is 8.93. The van der Waals surface area contributed by atoms with E-state index in [2.05, 4.69) is 43.5 Å². The Hall–Kier alpha value is -3.28. The minimum absolute atomic E-state index is 0.0847. The van der Waals surface area contributed by atoms with Gasteiger partial charge >= 0.3 is 0 Å². The minimum Gasteiger partial charge on any atom is -0.486 e. The summed E-state index contributed by atoms with van der Waals surface area (Å²) in [4.78, 5) is 23.9. The van der Waals surface area contributed by atoms with Crippen molar-refractivity contribution in [1.82, 2.24) is 0 Å². The van der Waals surface area contributed by atoms with Crippen molar-refractivity contribution >= 4 is 29.1 Å². The molecule has 1 amide bonds. The number of hydrogen-bond donors (Lipinski definition) is 2. The molecule has 3 rings (SSSR count). The van der Waals surface area contributed by atoms with Gasteiger partial charge in [-0.15, -0.1) is 0 Å². The number of amides is 1. The SMILES string of the molecule is CC(=O)Nc1cc2c(cc1NCC(=O)/C=C/c1ccc(C(C)(C)C)cc1)OCCO2. The molecule has 2 aromatic rings. The predicted octanol–water partition coefficient (Wildman–Crippen LogP) is 4.41. The van der Waals surface area contributed by atoms with Crippen LogP contribution in [0.4, 0.5) is 11.4 Å². The summed E-state index contributed by atoms with van der Waals surface area (Å²) in [6.07, 6.45) is 3.35. The molecule has 1 aliphatic heterocycles. The fourth-order valence-corrected chi connectivity index (χ4v) is 3.05. The van der Waals surface area contributed by atoms with Gasteiger partial charge in [0.1, 0.15) is 13.2 Å². The van der Waals surface area contributed by atoms with Crippen LogP contribution in [0.1, 0.15) is 38.8 Å². The molecule has 2 N–H and O–H groups in total. The molecule has 0 fully saturated rings. The van der Waals surface area contributed by atoms with Gasteiger partial charge in [-0.2, -0.15) is 0 Å². The first-order chi connectivity index (χ1) is 14.2. The third-order valence-corrected chi connectivity index (χ3v) is 4.68. The fraction of sp³-hybridized carbons (Fsp3) is 0.333. The Morgan fingerprint density at radius 3 is 2.17 bits per heavy atom. The lowest BCUT2D eigenvalue weighted by Gasteiger charge is -2.21. The van der Waals surface area contributed by atoms with Gasteiger partial charge in [-0.3, -0.25) is 9.59 Å². The number of anilines is 2. The molecular weight excluding hydrogens is 380 g/mol. The summed E-state index contributed by atoms with van der Waals surface area (Å²) in [6, 6.07) is 11.6. The second-order valence-electron chi connectivity index (χ2n) is 8.25. The molecule has 0 radical (unpaired) electrons. The number of carbonyl (C=O) groups is 2. The molecule has 0 saturated heterocycles. The van der Waals surface area contributed by atoms with Crippen molar-refractivity contribution in [2.24, 2.45) is 0 Å². The lowest BCUT2D eigenvalue weighted by atomic mass is 9.87. The minimum atomic E-state index is -0.209. The van der Waals surface area contributed by atoms with Crippen molar-refractivity contribution in [3.8, 4) is 11.5 Å². The van der Waals surface area contributed by atoms with E-state index in [1.165, 1.54) is 12.5 Å². The van der Waals surface area contributed by atoms with Gasteiger partial charge in [0, 0.05) is 19.1 Å². The number of carbonyl (C=O) groups excluding carboxylic acids is 2. The van der Waals surface area contributed by atoms with Crippen LogP contribution in [-0.4, -0.2) is 31.4 Å². The molecule has 0 aromatic heterocycles. The van der Waals surface area contributed by atoms with Crippen molar-refractivity contribution in [2.45, 2.75) is 33.1 Å². The van der Waals surface area contributed by atoms with Crippen molar-refractivity contribution in [1.29, 1.82) is 0 Å². The van der Waals surface area contributed by atoms with Gasteiger partial charge in [0.25, 0.3) is 0 Å². The van der Waals surface area contributed by atoms with E-state index in [-0.39, 0.29) is 23.7 Å². The Balaban J connectivity index is 1.66. The van der Waals surface area contributed by atoms with Gasteiger partial charge < -0.3 is 20.1 Å². The maximum atomic E-state index is 12.3. The van der Waals surface area contributed by atoms with E-state index in [4.69, 9.17) is 9.47 Å². The zero-order chi connectivity index (χ0) is 21.7. The van der Waals surface area contributed by atoms with Crippen molar-refractivity contribution < 1.29 is 19.1 Å². The maximum absolute atomic E-state index is 12.3. The average Bonchev–Trinajstić information content (AvgIpc) is 2.70. The van der Waals surface area contributed by atoms with Gasteiger partial charge in [0.15, 0.2) is 17.3 Å². The first-order valence-corrected chi connectivity index (χ1v) is 9.99. The Kier molecular flexibility index (Phi) is 6.45. The second kappa shape index (κ2) is 9.03. The first kappa shape index (κ1) is 21.4. The number of rotatable bonds is 6. The van der Waals surface area contributed by atoms with Crippen LogP contribution < -0.4 is 20.1 Å². The van der Waals surface area contributed by atoms with Crippen molar-refractivity contribution in [3.63, 3.8) is 0 Å². The Bertz CT molecular complexity index is 956. The summed E-state index contributed by atoms with van der Waals surface area (Å²) in [5, 5.41) is 5.84. The molecule has 1 aliphatic rings. The summed E-state index contributed by atoms with van der Waals surface area (Å²) in [5.41, 5.74) is 3.45. The van der Waals surface area contributed by atoms with Crippen LogP contribution in [0, 0.1) is 0 Å². The maximum Gasteiger partial charge on any atom is 0.221 e. The molecule has 0 atom stereocenters. The normalized spacial score (nSPS) is 13.2. The zero-order valence-electron chi connectivity index (χ0n) is 17.9. The molecule has 0 bridgehead atoms. The third-order valence-electron chi connectivity index (χ3n) is 4.68. The number of ether oxygens (including phenoxy) is 2. The number of ketones is 1. The predicted molar refractivity (Wildman–Crippen MR) is 119 cm³/mol. The van der Waals surface area contributed by atoms with Crippen LogP contribution in [0.25, 0.3) is 6.08 Å². The quantitative estimate of drug-likeness (QED) is 0.693. The number of nitrogens with one attached hydrogen (secondary N) is 2. The Morgan fingerprint density at radius 1 is 1.00 bits per heavy atom. The number of benzene rings is 2. The van der Waals surface area contributed by atoms with Crippen LogP contribution in [-0.2, 0) is 15.0 Å². The highest BCUT2D eigenvalue weighted by atomic mass is 16.6. The fourth-order valence-electron chi connectivity index (χ4n) is 3.05. The Morgan fingerprint density at radius 2 is 1.60 bits per heavy atom. The zero-order valence-corrected chi connectivity index (χ0v) is 17.9. The highest BCUT2D eigenvalue weighted by molar-refractivity contribution is 5.98. The summed E-state index contributed by atoms with van der Waals surface area (Å²) < 4.78 is 11.2. The molecule has 2 aromatic carbocycles. The molecule has 6 heteroatoms. The summed E-state index contributed by atoms with van der Waals surface area (Å²) >= 11 is 0. The average molecular weight is 408 g/mol. The third kappa shape index (κ3) is 5.63. The van der Waals surface area contributed by atoms with E-state index in [1.807, 2.05) is 12.1 Å². The smallest absolute Gasteiger partial charge is 0.221 e. The molecular formula is C24H28N2O4. The molecule has 0 aliphatic carbocycles. The van der Waals surface area contributed by atoms with E-state index in [0.717, 1.165) is 5.56 Å². The topological polar surface area (TPSA) is 76.7 Å². The molecule has 0 unspecified atom stereocenters. The lowest BCUT2D eigenvalue weighted by Crippen LogP contribution is -2.18. The van der Waals surface area contributed by atoms with Gasteiger partial charge in [-0.05, 0) is 22.6 Å². The van der Waals surface area contributed by atoms with E-state index in [0.29, 0.717) is 36.1 Å². The van der Waals surface area contributed by atoms with E-state index >= 15 is 0 Å². The summed E-state index contributed by atoms with van der Waals surface area (Å²) in [7, 11) is 0. The van der Waals surface area contributed by atoms with E-state index in [1.54, 1.807) is 24.3 Å². The monoisotopic (exact) mass is 408 g/mol. The van der Waals surface area contributed by atoms with Crippen LogP contribution >= 0.6 is 0 Å². The van der Waals surface area contributed by atoms with E-state index in [9.17, 15) is 9.59 Å². The molecule has 30 heavy (non-hydrogen) atoms. The van der Waals surface area contributed by atoms with Crippen LogP contribution in [0.5, 0.6) is 11.5 Å². The van der Waals surface area contributed by atoms with Crippen LogP contribution in [0.2, 0.25) is 0 Å². The van der Waals surface area contributed by atoms with Gasteiger partial charge in [-0.25, -0.2) is 0 Å². The standard InChI is InChI=1S/C24H28N2O4/c1-16(27)26-21-14-23-22(29-11-12-30-23)13-20(21)25-15-19(28)10-7-17-5-8-18(9-6-17)24(2,3)4/h5-10,13-14,25H,11-12,15H2,1-4H3,(H,26,27)/b10-7+. The Labute approximate surface area is 177 Å². The largest absolute Gasteiger partial charge is 0.486 e. The molecule has 158 valence electrons. The highest BCUT2D eigenvalue weighted by Crippen LogP contribution is 2.38. The molecule has 1 heterocycles. The van der Waals surface area contributed by atoms with Crippen LogP contribution in [0.15, 0.2) is 42.5 Å². The van der Waals surface area contributed by atoms with E-state index < -0.39 is 0 Å². The molecule has 6 nitrogen and oxygen atoms in total. The van der Waals surface area contributed by atoms with Crippen LogP contribution in [0.3, 0.4) is 0 Å². The molecule has 0 spiro atoms. The lowest BCUT2D eigenvalue weighted by molar-refractivity contribution is -0.114. The second-order valence-corrected chi connectivity index (χ2v) is 8.25.